The molecule has 0 spiro atoms. The fourth-order valence-corrected chi connectivity index (χ4v) is 2.40. The van der Waals surface area contributed by atoms with Crippen molar-refractivity contribution in [2.24, 2.45) is 0 Å². The van der Waals surface area contributed by atoms with Crippen LogP contribution in [0.1, 0.15) is 5.56 Å². The quantitative estimate of drug-likeness (QED) is 0.782. The van der Waals surface area contributed by atoms with Crippen molar-refractivity contribution in [1.29, 1.82) is 0 Å². The van der Waals surface area contributed by atoms with E-state index < -0.39 is 0 Å². The van der Waals surface area contributed by atoms with Crippen LogP contribution in [0.15, 0.2) is 18.2 Å². The fourth-order valence-electron chi connectivity index (χ4n) is 2.40. The molecule has 2 amide bonds. The third-order valence-corrected chi connectivity index (χ3v) is 3.51. The molecule has 5 nitrogen and oxygen atoms in total. The molecule has 18 heavy (non-hydrogen) atoms. The number of likely N-dealkylation sites (N-methyl/N-ethyl adjacent to an activating group) is 1. The molecule has 0 bridgehead atoms. The van der Waals surface area contributed by atoms with Gasteiger partial charge in [-0.05, 0) is 24.1 Å². The minimum Gasteiger partial charge on any atom is -0.384 e. The summed E-state index contributed by atoms with van der Waals surface area (Å²) in [4.78, 5) is 26.7. The van der Waals surface area contributed by atoms with Gasteiger partial charge in [0.2, 0.25) is 11.8 Å². The van der Waals surface area contributed by atoms with Crippen molar-refractivity contribution in [3.05, 3.63) is 23.8 Å². The zero-order valence-electron chi connectivity index (χ0n) is 10.3. The van der Waals surface area contributed by atoms with E-state index in [9.17, 15) is 9.59 Å². The Hall–Kier alpha value is -2.04. The van der Waals surface area contributed by atoms with E-state index in [1.807, 2.05) is 18.2 Å². The number of hydrogen-bond donors (Lipinski definition) is 1. The number of anilines is 2. The summed E-state index contributed by atoms with van der Waals surface area (Å²) < 4.78 is 0. The molecule has 5 heteroatoms. The Labute approximate surface area is 105 Å². The van der Waals surface area contributed by atoms with Gasteiger partial charge >= 0.3 is 0 Å². The zero-order chi connectivity index (χ0) is 12.7. The first-order valence-electron chi connectivity index (χ1n) is 6.06. The Balaban J connectivity index is 1.90. The van der Waals surface area contributed by atoms with E-state index in [1.165, 1.54) is 10.5 Å². The van der Waals surface area contributed by atoms with Crippen LogP contribution in [-0.4, -0.2) is 43.4 Å². The maximum absolute atomic E-state index is 12.0. The Morgan fingerprint density at radius 3 is 2.83 bits per heavy atom. The molecule has 3 rings (SSSR count). The highest BCUT2D eigenvalue weighted by atomic mass is 16.2. The maximum atomic E-state index is 12.0. The van der Waals surface area contributed by atoms with Gasteiger partial charge < -0.3 is 15.1 Å². The number of hydrogen-bond acceptors (Lipinski definition) is 3. The van der Waals surface area contributed by atoms with Crippen LogP contribution in [-0.2, 0) is 16.0 Å². The molecule has 1 saturated heterocycles. The highest BCUT2D eigenvalue weighted by Gasteiger charge is 2.29. The first-order valence-corrected chi connectivity index (χ1v) is 6.06. The number of piperazine rings is 1. The lowest BCUT2D eigenvalue weighted by atomic mass is 10.1. The first kappa shape index (κ1) is 11.1. The van der Waals surface area contributed by atoms with Gasteiger partial charge in [-0.1, -0.05) is 6.07 Å². The van der Waals surface area contributed by atoms with Crippen LogP contribution in [0.4, 0.5) is 11.4 Å². The van der Waals surface area contributed by atoms with Gasteiger partial charge in [-0.3, -0.25) is 9.59 Å². The van der Waals surface area contributed by atoms with Crippen molar-refractivity contribution in [2.45, 2.75) is 6.42 Å². The highest BCUT2D eigenvalue weighted by Crippen LogP contribution is 2.28. The molecule has 1 fully saturated rings. The molecule has 1 aromatic rings. The van der Waals surface area contributed by atoms with Gasteiger partial charge in [0.15, 0.2) is 0 Å². The number of nitrogens with one attached hydrogen (secondary N) is 1. The molecule has 2 heterocycles. The predicted molar refractivity (Wildman–Crippen MR) is 68.6 cm³/mol. The number of rotatable bonds is 1. The van der Waals surface area contributed by atoms with Gasteiger partial charge in [0, 0.05) is 25.0 Å². The SMILES string of the molecule is CN1CC(=O)N(c2ccc3c(c2)NCC3)CC1=O. The molecule has 2 aliphatic rings. The van der Waals surface area contributed by atoms with E-state index >= 15 is 0 Å². The number of nitrogens with zero attached hydrogens (tertiary/aromatic N) is 2. The molecule has 1 aromatic carbocycles. The van der Waals surface area contributed by atoms with Gasteiger partial charge in [-0.25, -0.2) is 0 Å². The average molecular weight is 245 g/mol. The van der Waals surface area contributed by atoms with Crippen LogP contribution in [0.5, 0.6) is 0 Å². The third-order valence-electron chi connectivity index (χ3n) is 3.51. The van der Waals surface area contributed by atoms with Crippen LogP contribution >= 0.6 is 0 Å². The minimum atomic E-state index is -0.0324. The van der Waals surface area contributed by atoms with E-state index in [1.54, 1.807) is 11.9 Å². The molecule has 2 aliphatic heterocycles. The molecular weight excluding hydrogens is 230 g/mol. The lowest BCUT2D eigenvalue weighted by molar-refractivity contribution is -0.136. The van der Waals surface area contributed by atoms with Gasteiger partial charge in [-0.2, -0.15) is 0 Å². The van der Waals surface area contributed by atoms with Crippen molar-refractivity contribution < 1.29 is 9.59 Å². The number of fused-ring (bicyclic) bond motifs is 1. The molecule has 94 valence electrons. The molecule has 0 aromatic heterocycles. The third kappa shape index (κ3) is 1.72. The van der Waals surface area contributed by atoms with Crippen molar-refractivity contribution in [2.75, 3.05) is 36.9 Å². The van der Waals surface area contributed by atoms with Gasteiger partial charge in [0.1, 0.15) is 6.54 Å². The molecule has 0 unspecified atom stereocenters. The second kappa shape index (κ2) is 4.01. The topological polar surface area (TPSA) is 52.7 Å². The van der Waals surface area contributed by atoms with Crippen LogP contribution in [0.3, 0.4) is 0 Å². The van der Waals surface area contributed by atoms with E-state index in [0.717, 1.165) is 24.3 Å². The Morgan fingerprint density at radius 2 is 2.00 bits per heavy atom. The van der Waals surface area contributed by atoms with Gasteiger partial charge in [0.25, 0.3) is 0 Å². The van der Waals surface area contributed by atoms with Crippen LogP contribution < -0.4 is 10.2 Å². The predicted octanol–water partition coefficient (Wildman–Crippen LogP) is 0.460. The molecule has 0 atom stereocenters. The number of amides is 2. The zero-order valence-corrected chi connectivity index (χ0v) is 10.3. The molecular formula is C13H15N3O2. The molecule has 0 aliphatic carbocycles. The lowest BCUT2D eigenvalue weighted by Gasteiger charge is -2.31. The summed E-state index contributed by atoms with van der Waals surface area (Å²) in [5, 5.41) is 3.28. The first-order chi connectivity index (χ1) is 8.65. The summed E-state index contributed by atoms with van der Waals surface area (Å²) in [6.45, 7) is 1.23. The second-order valence-corrected chi connectivity index (χ2v) is 4.75. The van der Waals surface area contributed by atoms with Crippen LogP contribution in [0.25, 0.3) is 0 Å². The number of carbonyl (C=O) groups excluding carboxylic acids is 2. The standard InChI is InChI=1S/C13H15N3O2/c1-15-7-13(18)16(8-12(15)17)10-3-2-9-4-5-14-11(9)6-10/h2-3,6,14H,4-5,7-8H2,1H3. The maximum Gasteiger partial charge on any atom is 0.247 e. The van der Waals surface area contributed by atoms with Crippen LogP contribution in [0, 0.1) is 0 Å². The van der Waals surface area contributed by atoms with Crippen LogP contribution in [0.2, 0.25) is 0 Å². The summed E-state index contributed by atoms with van der Waals surface area (Å²) >= 11 is 0. The van der Waals surface area contributed by atoms with Crippen molar-refractivity contribution in [3.63, 3.8) is 0 Å². The summed E-state index contributed by atoms with van der Waals surface area (Å²) in [5.74, 6) is -0.0573. The summed E-state index contributed by atoms with van der Waals surface area (Å²) in [6.07, 6.45) is 1.02. The Kier molecular flexibility index (Phi) is 2.47. The van der Waals surface area contributed by atoms with Crippen molar-refractivity contribution in [1.82, 2.24) is 4.90 Å². The molecule has 0 saturated carbocycles. The van der Waals surface area contributed by atoms with E-state index in [-0.39, 0.29) is 24.9 Å². The lowest BCUT2D eigenvalue weighted by Crippen LogP contribution is -2.52. The Bertz CT molecular complexity index is 527. The second-order valence-electron chi connectivity index (χ2n) is 4.75. The van der Waals surface area contributed by atoms with E-state index in [4.69, 9.17) is 0 Å². The summed E-state index contributed by atoms with van der Waals surface area (Å²) in [5.41, 5.74) is 3.15. The highest BCUT2D eigenvalue weighted by molar-refractivity contribution is 6.04. The van der Waals surface area contributed by atoms with Gasteiger partial charge in [0.05, 0.1) is 6.54 Å². The summed E-state index contributed by atoms with van der Waals surface area (Å²) in [6, 6.07) is 5.90. The minimum absolute atomic E-state index is 0.0249. The van der Waals surface area contributed by atoms with E-state index in [0.29, 0.717) is 0 Å². The monoisotopic (exact) mass is 245 g/mol. The van der Waals surface area contributed by atoms with Crippen molar-refractivity contribution >= 4 is 23.2 Å². The number of benzene rings is 1. The van der Waals surface area contributed by atoms with Gasteiger partial charge in [-0.15, -0.1) is 0 Å². The van der Waals surface area contributed by atoms with E-state index in [2.05, 4.69) is 5.32 Å². The average Bonchev–Trinajstić information content (AvgIpc) is 2.80. The normalized spacial score (nSPS) is 18.9. The summed E-state index contributed by atoms with van der Waals surface area (Å²) in [7, 11) is 1.65. The number of carbonyl (C=O) groups is 2. The molecule has 0 radical (unpaired) electrons. The largest absolute Gasteiger partial charge is 0.384 e. The molecule has 1 N–H and O–H groups in total. The van der Waals surface area contributed by atoms with Crippen molar-refractivity contribution in [3.8, 4) is 0 Å². The smallest absolute Gasteiger partial charge is 0.247 e. The Morgan fingerprint density at radius 1 is 1.17 bits per heavy atom. The fraction of sp³-hybridized carbons (Fsp3) is 0.385.